The standard InChI is InChI=1S/C14H19BrN2O3/c15-4-7-16-5-1-6-17(9-8-16)14(20)11-2-3-12(18)13(19)10-11/h2-3,10,18-19H,1,4-9H2. The van der Waals surface area contributed by atoms with Gasteiger partial charge in [-0.15, -0.1) is 0 Å². The number of nitrogens with zero attached hydrogens (tertiary/aromatic N) is 2. The van der Waals surface area contributed by atoms with E-state index in [-0.39, 0.29) is 17.4 Å². The summed E-state index contributed by atoms with van der Waals surface area (Å²) < 4.78 is 0. The van der Waals surface area contributed by atoms with E-state index >= 15 is 0 Å². The third-order valence-electron chi connectivity index (χ3n) is 3.50. The highest BCUT2D eigenvalue weighted by Gasteiger charge is 2.20. The van der Waals surface area contributed by atoms with Gasteiger partial charge >= 0.3 is 0 Å². The average molecular weight is 343 g/mol. The molecule has 0 aromatic heterocycles. The largest absolute Gasteiger partial charge is 0.504 e. The predicted molar refractivity (Wildman–Crippen MR) is 80.5 cm³/mol. The molecular weight excluding hydrogens is 324 g/mol. The van der Waals surface area contributed by atoms with E-state index in [2.05, 4.69) is 20.8 Å². The van der Waals surface area contributed by atoms with Crippen LogP contribution in [0.25, 0.3) is 0 Å². The molecule has 2 rings (SSSR count). The Morgan fingerprint density at radius 3 is 2.65 bits per heavy atom. The second kappa shape index (κ2) is 6.95. The van der Waals surface area contributed by atoms with Crippen molar-refractivity contribution in [2.75, 3.05) is 38.1 Å². The SMILES string of the molecule is O=C(c1ccc(O)c(O)c1)N1CCCN(CCBr)CC1. The van der Waals surface area contributed by atoms with Gasteiger partial charge < -0.3 is 20.0 Å². The topological polar surface area (TPSA) is 64.0 Å². The van der Waals surface area contributed by atoms with Crippen molar-refractivity contribution in [3.05, 3.63) is 23.8 Å². The Hall–Kier alpha value is -1.27. The number of rotatable bonds is 3. The van der Waals surface area contributed by atoms with Crippen LogP contribution in [0.15, 0.2) is 18.2 Å². The molecule has 1 aromatic rings. The minimum atomic E-state index is -0.258. The van der Waals surface area contributed by atoms with Crippen LogP contribution in [0.1, 0.15) is 16.8 Å². The smallest absolute Gasteiger partial charge is 0.254 e. The lowest BCUT2D eigenvalue weighted by molar-refractivity contribution is 0.0761. The number of aromatic hydroxyl groups is 2. The quantitative estimate of drug-likeness (QED) is 0.647. The van der Waals surface area contributed by atoms with Gasteiger partial charge in [0.2, 0.25) is 0 Å². The first-order chi connectivity index (χ1) is 9.61. The number of hydrogen-bond acceptors (Lipinski definition) is 4. The molecule has 0 radical (unpaired) electrons. The van der Waals surface area contributed by atoms with E-state index in [1.54, 1.807) is 11.0 Å². The fourth-order valence-corrected chi connectivity index (χ4v) is 2.86. The molecule has 6 heteroatoms. The summed E-state index contributed by atoms with van der Waals surface area (Å²) in [5, 5.41) is 19.7. The van der Waals surface area contributed by atoms with E-state index in [1.807, 2.05) is 0 Å². The van der Waals surface area contributed by atoms with Crippen molar-refractivity contribution in [3.8, 4) is 11.5 Å². The van der Waals surface area contributed by atoms with Gasteiger partial charge in [-0.2, -0.15) is 0 Å². The molecule has 1 saturated heterocycles. The molecule has 1 heterocycles. The number of phenolic OH excluding ortho intramolecular Hbond substituents is 2. The second-order valence-corrected chi connectivity index (χ2v) is 5.67. The maximum absolute atomic E-state index is 12.4. The number of benzene rings is 1. The molecule has 20 heavy (non-hydrogen) atoms. The molecule has 0 saturated carbocycles. The summed E-state index contributed by atoms with van der Waals surface area (Å²) in [6, 6.07) is 4.20. The maximum Gasteiger partial charge on any atom is 0.254 e. The van der Waals surface area contributed by atoms with Crippen molar-refractivity contribution in [2.45, 2.75) is 6.42 Å². The highest BCUT2D eigenvalue weighted by molar-refractivity contribution is 9.09. The summed E-state index contributed by atoms with van der Waals surface area (Å²) in [5.41, 5.74) is 0.411. The first kappa shape index (κ1) is 15.1. The van der Waals surface area contributed by atoms with E-state index in [0.29, 0.717) is 12.1 Å². The molecule has 2 N–H and O–H groups in total. The van der Waals surface area contributed by atoms with E-state index in [9.17, 15) is 15.0 Å². The van der Waals surface area contributed by atoms with Crippen molar-refractivity contribution in [2.24, 2.45) is 0 Å². The summed E-state index contributed by atoms with van der Waals surface area (Å²) in [7, 11) is 0. The third-order valence-corrected chi connectivity index (χ3v) is 3.85. The lowest BCUT2D eigenvalue weighted by Crippen LogP contribution is -2.35. The first-order valence-electron chi connectivity index (χ1n) is 6.71. The molecule has 0 atom stereocenters. The monoisotopic (exact) mass is 342 g/mol. The van der Waals surface area contributed by atoms with Crippen molar-refractivity contribution >= 4 is 21.8 Å². The van der Waals surface area contributed by atoms with Gasteiger partial charge in [0.1, 0.15) is 0 Å². The minimum Gasteiger partial charge on any atom is -0.504 e. The molecule has 1 aliphatic rings. The Morgan fingerprint density at radius 2 is 1.95 bits per heavy atom. The fourth-order valence-electron chi connectivity index (χ4n) is 2.36. The van der Waals surface area contributed by atoms with Crippen molar-refractivity contribution in [1.82, 2.24) is 9.80 Å². The zero-order valence-electron chi connectivity index (χ0n) is 11.3. The zero-order valence-corrected chi connectivity index (χ0v) is 12.8. The fraction of sp³-hybridized carbons (Fsp3) is 0.500. The summed E-state index contributed by atoms with van der Waals surface area (Å²) in [5.74, 6) is -0.562. The summed E-state index contributed by atoms with van der Waals surface area (Å²) in [6.07, 6.45) is 0.947. The summed E-state index contributed by atoms with van der Waals surface area (Å²) in [4.78, 5) is 16.5. The number of carbonyl (C=O) groups is 1. The van der Waals surface area contributed by atoms with Gasteiger partial charge in [0.25, 0.3) is 5.91 Å². The van der Waals surface area contributed by atoms with Crippen LogP contribution in [0, 0.1) is 0 Å². The molecule has 1 amide bonds. The molecule has 0 bridgehead atoms. The zero-order chi connectivity index (χ0) is 14.5. The Morgan fingerprint density at radius 1 is 1.15 bits per heavy atom. The summed E-state index contributed by atoms with van der Waals surface area (Å²) in [6.45, 7) is 4.26. The van der Waals surface area contributed by atoms with Gasteiger partial charge in [0.15, 0.2) is 11.5 Å². The lowest BCUT2D eigenvalue weighted by Gasteiger charge is -2.21. The van der Waals surface area contributed by atoms with Gasteiger partial charge in [0.05, 0.1) is 0 Å². The first-order valence-corrected chi connectivity index (χ1v) is 7.83. The number of alkyl halides is 1. The summed E-state index contributed by atoms with van der Waals surface area (Å²) >= 11 is 3.43. The van der Waals surface area contributed by atoms with Crippen LogP contribution >= 0.6 is 15.9 Å². The molecular formula is C14H19BrN2O3. The van der Waals surface area contributed by atoms with Crippen LogP contribution in [0.3, 0.4) is 0 Å². The molecule has 1 aliphatic heterocycles. The van der Waals surface area contributed by atoms with Crippen molar-refractivity contribution in [1.29, 1.82) is 0 Å². The van der Waals surface area contributed by atoms with E-state index < -0.39 is 0 Å². The average Bonchev–Trinajstić information content (AvgIpc) is 2.67. The second-order valence-electron chi connectivity index (χ2n) is 4.88. The number of carbonyl (C=O) groups excluding carboxylic acids is 1. The number of hydrogen-bond donors (Lipinski definition) is 2. The van der Waals surface area contributed by atoms with Crippen LogP contribution in [-0.2, 0) is 0 Å². The van der Waals surface area contributed by atoms with Crippen LogP contribution in [0.5, 0.6) is 11.5 Å². The van der Waals surface area contributed by atoms with Crippen LogP contribution in [0.4, 0.5) is 0 Å². The number of halogens is 1. The lowest BCUT2D eigenvalue weighted by atomic mass is 10.1. The Kier molecular flexibility index (Phi) is 5.25. The van der Waals surface area contributed by atoms with E-state index in [1.165, 1.54) is 12.1 Å². The van der Waals surface area contributed by atoms with Gasteiger partial charge in [-0.1, -0.05) is 15.9 Å². The van der Waals surface area contributed by atoms with Crippen LogP contribution in [-0.4, -0.2) is 64.0 Å². The van der Waals surface area contributed by atoms with Crippen LogP contribution < -0.4 is 0 Å². The molecule has 0 aliphatic carbocycles. The highest BCUT2D eigenvalue weighted by Crippen LogP contribution is 2.25. The molecule has 0 spiro atoms. The third kappa shape index (κ3) is 3.64. The maximum atomic E-state index is 12.4. The molecule has 5 nitrogen and oxygen atoms in total. The van der Waals surface area contributed by atoms with Crippen molar-refractivity contribution in [3.63, 3.8) is 0 Å². The van der Waals surface area contributed by atoms with Gasteiger partial charge in [-0.05, 0) is 31.2 Å². The normalized spacial score (nSPS) is 16.9. The van der Waals surface area contributed by atoms with Gasteiger partial charge in [0, 0.05) is 37.1 Å². The highest BCUT2D eigenvalue weighted by atomic mass is 79.9. The Labute approximate surface area is 126 Å². The van der Waals surface area contributed by atoms with Crippen molar-refractivity contribution < 1.29 is 15.0 Å². The van der Waals surface area contributed by atoms with Gasteiger partial charge in [-0.25, -0.2) is 0 Å². The number of amides is 1. The molecule has 0 unspecified atom stereocenters. The van der Waals surface area contributed by atoms with Gasteiger partial charge in [-0.3, -0.25) is 4.79 Å². The number of phenols is 2. The Balaban J connectivity index is 2.03. The minimum absolute atomic E-state index is 0.0963. The van der Waals surface area contributed by atoms with Crippen LogP contribution in [0.2, 0.25) is 0 Å². The molecule has 110 valence electrons. The predicted octanol–water partition coefficient (Wildman–Crippen LogP) is 1.64. The van der Waals surface area contributed by atoms with E-state index in [0.717, 1.165) is 37.9 Å². The molecule has 1 fully saturated rings. The molecule has 1 aromatic carbocycles. The Bertz CT molecular complexity index is 481. The van der Waals surface area contributed by atoms with E-state index in [4.69, 9.17) is 0 Å².